The van der Waals surface area contributed by atoms with Gasteiger partial charge >= 0.3 is 6.03 Å². The van der Waals surface area contributed by atoms with Crippen LogP contribution in [0.5, 0.6) is 5.75 Å². The Morgan fingerprint density at radius 1 is 1.33 bits per heavy atom. The lowest BCUT2D eigenvalue weighted by atomic mass is 9.96. The second-order valence-electron chi connectivity index (χ2n) is 8.04. The molecule has 2 N–H and O–H groups in total. The fourth-order valence-electron chi connectivity index (χ4n) is 3.40. The molecule has 1 aromatic rings. The van der Waals surface area contributed by atoms with E-state index in [-0.39, 0.29) is 17.8 Å². The topological polar surface area (TPSA) is 70.7 Å². The zero-order valence-electron chi connectivity index (χ0n) is 17.6. The molecule has 0 spiro atoms. The summed E-state index contributed by atoms with van der Waals surface area (Å²) in [6.07, 6.45) is 5.62. The Balaban J connectivity index is 1.32. The van der Waals surface area contributed by atoms with Crippen LogP contribution in [0.3, 0.4) is 0 Å². The Labute approximate surface area is 182 Å². The standard InChI is InChI=1S/C22H32FN3O3S/c1-2-17(18-7-8-19(23)20(13-18)29-15-16-5-6-16)14-24-30-12-4-3-10-26-11-9-21(27)25-22(26)28/h7-8,13,16-17,24H,2-6,9-12,14-15H2,1H3,(H,25,27,28)/t17-/m0/s1. The molecule has 30 heavy (non-hydrogen) atoms. The number of unbranched alkanes of at least 4 members (excludes halogenated alkanes) is 1. The number of halogens is 1. The molecule has 1 atom stereocenters. The second-order valence-corrected chi connectivity index (χ2v) is 9.03. The number of nitrogens with one attached hydrogen (secondary N) is 2. The number of imide groups is 1. The lowest BCUT2D eigenvalue weighted by Gasteiger charge is -2.26. The summed E-state index contributed by atoms with van der Waals surface area (Å²) in [6, 6.07) is 4.95. The van der Waals surface area contributed by atoms with Crippen LogP contribution in [0.25, 0.3) is 0 Å². The average Bonchev–Trinajstić information content (AvgIpc) is 3.56. The normalized spacial score (nSPS) is 17.7. The molecular formula is C22H32FN3O3S. The lowest BCUT2D eigenvalue weighted by molar-refractivity contribution is -0.121. The molecule has 0 aromatic heterocycles. The van der Waals surface area contributed by atoms with Gasteiger partial charge in [-0.2, -0.15) is 0 Å². The van der Waals surface area contributed by atoms with Crippen molar-refractivity contribution in [3.8, 4) is 5.75 Å². The van der Waals surface area contributed by atoms with Crippen molar-refractivity contribution in [2.75, 3.05) is 32.0 Å². The zero-order chi connectivity index (χ0) is 21.3. The van der Waals surface area contributed by atoms with Gasteiger partial charge < -0.3 is 9.64 Å². The zero-order valence-corrected chi connectivity index (χ0v) is 18.4. The number of nitrogens with zero attached hydrogens (tertiary/aromatic N) is 1. The maximum atomic E-state index is 14.0. The van der Waals surface area contributed by atoms with Crippen molar-refractivity contribution in [1.82, 2.24) is 14.9 Å². The second kappa shape index (κ2) is 11.6. The van der Waals surface area contributed by atoms with Gasteiger partial charge in [0.05, 0.1) is 6.61 Å². The van der Waals surface area contributed by atoms with Crippen LogP contribution in [-0.2, 0) is 4.79 Å². The van der Waals surface area contributed by atoms with Crippen LogP contribution in [0.2, 0.25) is 0 Å². The summed E-state index contributed by atoms with van der Waals surface area (Å²) in [6.45, 7) is 4.75. The molecular weight excluding hydrogens is 405 g/mol. The van der Waals surface area contributed by atoms with Gasteiger partial charge in [-0.25, -0.2) is 9.18 Å². The third-order valence-corrected chi connectivity index (χ3v) is 6.45. The van der Waals surface area contributed by atoms with Gasteiger partial charge in [0.15, 0.2) is 11.6 Å². The van der Waals surface area contributed by atoms with E-state index in [9.17, 15) is 14.0 Å². The fraction of sp³-hybridized carbons (Fsp3) is 0.636. The van der Waals surface area contributed by atoms with Gasteiger partial charge in [0, 0.05) is 31.8 Å². The molecule has 3 amide bonds. The van der Waals surface area contributed by atoms with E-state index in [4.69, 9.17) is 4.74 Å². The number of amides is 3. The van der Waals surface area contributed by atoms with E-state index in [2.05, 4.69) is 17.0 Å². The van der Waals surface area contributed by atoms with E-state index in [1.165, 1.54) is 18.9 Å². The van der Waals surface area contributed by atoms with E-state index < -0.39 is 0 Å². The Morgan fingerprint density at radius 2 is 2.17 bits per heavy atom. The number of rotatable bonds is 13. The van der Waals surface area contributed by atoms with Crippen LogP contribution in [0, 0.1) is 11.7 Å². The summed E-state index contributed by atoms with van der Waals surface area (Å²) in [4.78, 5) is 24.5. The first-order valence-corrected chi connectivity index (χ1v) is 11.9. The molecule has 3 rings (SSSR count). The molecule has 1 saturated heterocycles. The number of hydrogen-bond donors (Lipinski definition) is 2. The van der Waals surface area contributed by atoms with Gasteiger partial charge in [-0.15, -0.1) is 0 Å². The summed E-state index contributed by atoms with van der Waals surface area (Å²) in [7, 11) is 0. The van der Waals surface area contributed by atoms with Crippen molar-refractivity contribution in [1.29, 1.82) is 0 Å². The van der Waals surface area contributed by atoms with E-state index in [1.54, 1.807) is 16.8 Å². The van der Waals surface area contributed by atoms with Crippen LogP contribution in [0.15, 0.2) is 18.2 Å². The first kappa shape index (κ1) is 22.9. The maximum Gasteiger partial charge on any atom is 0.324 e. The molecule has 166 valence electrons. The molecule has 0 unspecified atom stereocenters. The smallest absolute Gasteiger partial charge is 0.324 e. The Morgan fingerprint density at radius 3 is 2.90 bits per heavy atom. The molecule has 6 nitrogen and oxygen atoms in total. The quantitative estimate of drug-likeness (QED) is 0.360. The average molecular weight is 438 g/mol. The summed E-state index contributed by atoms with van der Waals surface area (Å²) in [5.74, 6) is 1.74. The van der Waals surface area contributed by atoms with E-state index in [0.29, 0.717) is 43.7 Å². The number of hydrogen-bond acceptors (Lipinski definition) is 5. The Kier molecular flexibility index (Phi) is 8.81. The molecule has 1 aliphatic carbocycles. The molecule has 2 fully saturated rings. The molecule has 1 saturated carbocycles. The fourth-order valence-corrected chi connectivity index (χ4v) is 4.21. The highest BCUT2D eigenvalue weighted by molar-refractivity contribution is 7.97. The monoisotopic (exact) mass is 437 g/mol. The van der Waals surface area contributed by atoms with Crippen molar-refractivity contribution >= 4 is 23.9 Å². The van der Waals surface area contributed by atoms with Crippen LogP contribution in [0.4, 0.5) is 9.18 Å². The minimum Gasteiger partial charge on any atom is -0.490 e. The summed E-state index contributed by atoms with van der Waals surface area (Å²) in [5, 5.41) is 2.35. The van der Waals surface area contributed by atoms with Gasteiger partial charge in [-0.05, 0) is 61.6 Å². The van der Waals surface area contributed by atoms with Gasteiger partial charge in [0.1, 0.15) is 0 Å². The Bertz CT molecular complexity index is 730. The van der Waals surface area contributed by atoms with Crippen molar-refractivity contribution in [2.45, 2.75) is 51.4 Å². The molecule has 1 aliphatic heterocycles. The first-order valence-electron chi connectivity index (χ1n) is 10.9. The highest BCUT2D eigenvalue weighted by Crippen LogP contribution is 2.31. The third kappa shape index (κ3) is 7.16. The Hall–Kier alpha value is -1.80. The largest absolute Gasteiger partial charge is 0.490 e. The summed E-state index contributed by atoms with van der Waals surface area (Å²) < 4.78 is 23.1. The van der Waals surface area contributed by atoms with Crippen LogP contribution < -0.4 is 14.8 Å². The number of carbonyl (C=O) groups excluding carboxylic acids is 2. The molecule has 0 bridgehead atoms. The minimum absolute atomic E-state index is 0.191. The molecule has 2 aliphatic rings. The van der Waals surface area contributed by atoms with Gasteiger partial charge in [0.2, 0.25) is 5.91 Å². The number of benzene rings is 1. The predicted molar refractivity (Wildman–Crippen MR) is 117 cm³/mol. The third-order valence-electron chi connectivity index (χ3n) is 5.59. The molecule has 1 heterocycles. The van der Waals surface area contributed by atoms with Crippen LogP contribution in [0.1, 0.15) is 56.9 Å². The van der Waals surface area contributed by atoms with Gasteiger partial charge in [-0.1, -0.05) is 24.9 Å². The van der Waals surface area contributed by atoms with Gasteiger partial charge in [-0.3, -0.25) is 14.8 Å². The van der Waals surface area contributed by atoms with Crippen molar-refractivity contribution < 1.29 is 18.7 Å². The van der Waals surface area contributed by atoms with E-state index in [1.807, 2.05) is 12.1 Å². The number of urea groups is 1. The minimum atomic E-state index is -0.289. The van der Waals surface area contributed by atoms with Crippen molar-refractivity contribution in [3.05, 3.63) is 29.6 Å². The summed E-state index contributed by atoms with van der Waals surface area (Å²) in [5.41, 5.74) is 1.10. The van der Waals surface area contributed by atoms with Gasteiger partial charge in [0.25, 0.3) is 0 Å². The number of carbonyl (C=O) groups is 2. The van der Waals surface area contributed by atoms with Crippen molar-refractivity contribution in [3.63, 3.8) is 0 Å². The maximum absolute atomic E-state index is 14.0. The molecule has 8 heteroatoms. The van der Waals surface area contributed by atoms with Crippen LogP contribution >= 0.6 is 11.9 Å². The van der Waals surface area contributed by atoms with E-state index in [0.717, 1.165) is 37.1 Å². The SMILES string of the molecule is CC[C@@H](CNSCCCCN1CCC(=O)NC1=O)c1ccc(F)c(OCC2CC2)c1. The lowest BCUT2D eigenvalue weighted by Crippen LogP contribution is -2.49. The van der Waals surface area contributed by atoms with Crippen molar-refractivity contribution in [2.24, 2.45) is 5.92 Å². The van der Waals surface area contributed by atoms with Crippen LogP contribution in [-0.4, -0.2) is 48.8 Å². The molecule has 1 aromatic carbocycles. The van der Waals surface area contributed by atoms with E-state index >= 15 is 0 Å². The molecule has 0 radical (unpaired) electrons. The first-order chi connectivity index (χ1) is 14.6. The predicted octanol–water partition coefficient (Wildman–Crippen LogP) is 4.07. The number of ether oxygens (including phenoxy) is 1. The highest BCUT2D eigenvalue weighted by Gasteiger charge is 2.23. The highest BCUT2D eigenvalue weighted by atomic mass is 32.2. The summed E-state index contributed by atoms with van der Waals surface area (Å²) >= 11 is 1.68.